The fraction of sp³-hybridized carbons (Fsp3) is 0.321. The standard InChI is InChI=1S/C28H31NO5/c1-3-33-26-18-22(14-15-25(26)34-19-20-9-5-4-6-10-20)27(21-11-7-12-23(17-21)32-2)29-16-8-13-24(29)28(30)31/h4-7,9-12,14-15,17-18,24,27H,3,8,13,16,19H2,1-2H3,(H,30,31). The number of hydrogen-bond donors (Lipinski definition) is 1. The minimum absolute atomic E-state index is 0.249. The summed E-state index contributed by atoms with van der Waals surface area (Å²) in [5.74, 6) is 1.25. The van der Waals surface area contributed by atoms with Gasteiger partial charge in [0.25, 0.3) is 0 Å². The van der Waals surface area contributed by atoms with Gasteiger partial charge in [-0.3, -0.25) is 9.69 Å². The monoisotopic (exact) mass is 461 g/mol. The van der Waals surface area contributed by atoms with Crippen molar-refractivity contribution in [1.82, 2.24) is 4.90 Å². The number of hydrogen-bond acceptors (Lipinski definition) is 5. The second kappa shape index (κ2) is 11.1. The van der Waals surface area contributed by atoms with Gasteiger partial charge in [0.1, 0.15) is 18.4 Å². The first-order chi connectivity index (χ1) is 16.6. The van der Waals surface area contributed by atoms with Crippen LogP contribution in [-0.2, 0) is 11.4 Å². The Hall–Kier alpha value is -3.51. The molecule has 178 valence electrons. The van der Waals surface area contributed by atoms with Gasteiger partial charge in [-0.15, -0.1) is 0 Å². The summed E-state index contributed by atoms with van der Waals surface area (Å²) in [5.41, 5.74) is 3.01. The van der Waals surface area contributed by atoms with Gasteiger partial charge < -0.3 is 19.3 Å². The molecule has 6 nitrogen and oxygen atoms in total. The molecule has 6 heteroatoms. The summed E-state index contributed by atoms with van der Waals surface area (Å²) in [7, 11) is 1.64. The second-order valence-electron chi connectivity index (χ2n) is 8.33. The van der Waals surface area contributed by atoms with E-state index in [-0.39, 0.29) is 6.04 Å². The number of carbonyl (C=O) groups is 1. The third-order valence-corrected chi connectivity index (χ3v) is 6.14. The molecular weight excluding hydrogens is 430 g/mol. The van der Waals surface area contributed by atoms with Crippen molar-refractivity contribution in [1.29, 1.82) is 0 Å². The Labute approximate surface area is 200 Å². The highest BCUT2D eigenvalue weighted by molar-refractivity contribution is 5.74. The molecule has 0 spiro atoms. The van der Waals surface area contributed by atoms with Crippen LogP contribution in [0.1, 0.15) is 42.5 Å². The molecule has 1 N–H and O–H groups in total. The largest absolute Gasteiger partial charge is 0.497 e. The van der Waals surface area contributed by atoms with Gasteiger partial charge in [0.2, 0.25) is 0 Å². The van der Waals surface area contributed by atoms with Gasteiger partial charge in [-0.1, -0.05) is 48.5 Å². The van der Waals surface area contributed by atoms with E-state index in [0.717, 1.165) is 28.9 Å². The highest BCUT2D eigenvalue weighted by Gasteiger charge is 2.37. The molecule has 0 bridgehead atoms. The molecular formula is C28H31NO5. The fourth-order valence-corrected chi connectivity index (χ4v) is 4.57. The maximum absolute atomic E-state index is 12.0. The Morgan fingerprint density at radius 3 is 2.53 bits per heavy atom. The van der Waals surface area contributed by atoms with Crippen LogP contribution in [-0.4, -0.2) is 42.3 Å². The number of rotatable bonds is 10. The molecule has 0 radical (unpaired) electrons. The van der Waals surface area contributed by atoms with Crippen LogP contribution in [0.25, 0.3) is 0 Å². The van der Waals surface area contributed by atoms with Gasteiger partial charge in [-0.2, -0.15) is 0 Å². The molecule has 1 heterocycles. The molecule has 1 aliphatic rings. The fourth-order valence-electron chi connectivity index (χ4n) is 4.57. The average molecular weight is 462 g/mol. The molecule has 1 fully saturated rings. The van der Waals surface area contributed by atoms with Crippen LogP contribution in [0.15, 0.2) is 72.8 Å². The lowest BCUT2D eigenvalue weighted by Crippen LogP contribution is -2.39. The lowest BCUT2D eigenvalue weighted by Gasteiger charge is -2.32. The van der Waals surface area contributed by atoms with Gasteiger partial charge in [0.05, 0.1) is 19.8 Å². The van der Waals surface area contributed by atoms with E-state index < -0.39 is 12.0 Å². The summed E-state index contributed by atoms with van der Waals surface area (Å²) in [6.45, 7) is 3.58. The molecule has 0 aliphatic carbocycles. The molecule has 3 aromatic rings. The van der Waals surface area contributed by atoms with Crippen LogP contribution in [0.2, 0.25) is 0 Å². The van der Waals surface area contributed by atoms with Crippen molar-refractivity contribution in [2.24, 2.45) is 0 Å². The lowest BCUT2D eigenvalue weighted by atomic mass is 9.95. The molecule has 0 aromatic heterocycles. The number of methoxy groups -OCH3 is 1. The van der Waals surface area contributed by atoms with Crippen molar-refractivity contribution in [2.45, 2.75) is 38.5 Å². The minimum atomic E-state index is -0.793. The zero-order valence-electron chi connectivity index (χ0n) is 19.6. The molecule has 1 aliphatic heterocycles. The van der Waals surface area contributed by atoms with Crippen LogP contribution in [0, 0.1) is 0 Å². The highest BCUT2D eigenvalue weighted by atomic mass is 16.5. The normalized spacial score (nSPS) is 16.7. The van der Waals surface area contributed by atoms with E-state index in [1.165, 1.54) is 0 Å². The number of aliphatic carboxylic acids is 1. The van der Waals surface area contributed by atoms with Crippen molar-refractivity contribution >= 4 is 5.97 Å². The van der Waals surface area contributed by atoms with Gasteiger partial charge >= 0.3 is 5.97 Å². The molecule has 2 unspecified atom stereocenters. The summed E-state index contributed by atoms with van der Waals surface area (Å²) in [5, 5.41) is 9.88. The van der Waals surface area contributed by atoms with Crippen molar-refractivity contribution in [3.05, 3.63) is 89.5 Å². The summed E-state index contributed by atoms with van der Waals surface area (Å²) in [6, 6.07) is 22.9. The Kier molecular flexibility index (Phi) is 7.70. The summed E-state index contributed by atoms with van der Waals surface area (Å²) in [6.07, 6.45) is 1.47. The number of nitrogens with zero attached hydrogens (tertiary/aromatic N) is 1. The van der Waals surface area contributed by atoms with Crippen molar-refractivity contribution < 1.29 is 24.1 Å². The molecule has 3 aromatic carbocycles. The van der Waals surface area contributed by atoms with Crippen LogP contribution >= 0.6 is 0 Å². The molecule has 1 saturated heterocycles. The molecule has 0 amide bonds. The smallest absolute Gasteiger partial charge is 0.320 e. The molecule has 2 atom stereocenters. The van der Waals surface area contributed by atoms with Crippen molar-refractivity contribution in [2.75, 3.05) is 20.3 Å². The van der Waals surface area contributed by atoms with Gasteiger partial charge in [0.15, 0.2) is 11.5 Å². The Bertz CT molecular complexity index is 1100. The quantitative estimate of drug-likeness (QED) is 0.441. The van der Waals surface area contributed by atoms with E-state index in [1.54, 1.807) is 7.11 Å². The van der Waals surface area contributed by atoms with Crippen molar-refractivity contribution in [3.63, 3.8) is 0 Å². The number of carboxylic acids is 1. The van der Waals surface area contributed by atoms with Gasteiger partial charge in [-0.25, -0.2) is 0 Å². The third-order valence-electron chi connectivity index (χ3n) is 6.14. The number of ether oxygens (including phenoxy) is 3. The first kappa shape index (κ1) is 23.6. The van der Waals surface area contributed by atoms with Crippen LogP contribution in [0.4, 0.5) is 0 Å². The summed E-state index contributed by atoms with van der Waals surface area (Å²) in [4.78, 5) is 14.1. The molecule has 4 rings (SSSR count). The number of carboxylic acid groups (broad SMARTS) is 1. The van der Waals surface area contributed by atoms with Crippen LogP contribution in [0.3, 0.4) is 0 Å². The van der Waals surface area contributed by atoms with E-state index in [2.05, 4.69) is 4.90 Å². The highest BCUT2D eigenvalue weighted by Crippen LogP contribution is 2.39. The SMILES string of the molecule is CCOc1cc(C(c2cccc(OC)c2)N2CCCC2C(=O)O)ccc1OCc1ccccc1. The van der Waals surface area contributed by atoms with Crippen LogP contribution < -0.4 is 14.2 Å². The maximum atomic E-state index is 12.0. The number of likely N-dealkylation sites (tertiary alicyclic amines) is 1. The van der Waals surface area contributed by atoms with E-state index in [1.807, 2.05) is 79.7 Å². The van der Waals surface area contributed by atoms with Gasteiger partial charge in [-0.05, 0) is 60.7 Å². The molecule has 0 saturated carbocycles. The average Bonchev–Trinajstić information content (AvgIpc) is 3.34. The van der Waals surface area contributed by atoms with Crippen molar-refractivity contribution in [3.8, 4) is 17.2 Å². The predicted octanol–water partition coefficient (Wildman–Crippen LogP) is 5.31. The Morgan fingerprint density at radius 2 is 1.79 bits per heavy atom. The minimum Gasteiger partial charge on any atom is -0.497 e. The third kappa shape index (κ3) is 5.34. The predicted molar refractivity (Wildman–Crippen MR) is 131 cm³/mol. The summed E-state index contributed by atoms with van der Waals surface area (Å²) < 4.78 is 17.5. The first-order valence-electron chi connectivity index (χ1n) is 11.7. The Morgan fingerprint density at radius 1 is 1.00 bits per heavy atom. The van der Waals surface area contributed by atoms with E-state index in [9.17, 15) is 9.90 Å². The topological polar surface area (TPSA) is 68.2 Å². The zero-order valence-corrected chi connectivity index (χ0v) is 19.6. The maximum Gasteiger partial charge on any atom is 0.320 e. The van der Waals surface area contributed by atoms with E-state index in [4.69, 9.17) is 14.2 Å². The van der Waals surface area contributed by atoms with Gasteiger partial charge in [0, 0.05) is 6.54 Å². The first-order valence-corrected chi connectivity index (χ1v) is 11.7. The Balaban J connectivity index is 1.71. The van der Waals surface area contributed by atoms with Crippen LogP contribution in [0.5, 0.6) is 17.2 Å². The zero-order chi connectivity index (χ0) is 23.9. The van der Waals surface area contributed by atoms with E-state index >= 15 is 0 Å². The number of benzene rings is 3. The summed E-state index contributed by atoms with van der Waals surface area (Å²) >= 11 is 0. The lowest BCUT2D eigenvalue weighted by molar-refractivity contribution is -0.142. The van der Waals surface area contributed by atoms with E-state index in [0.29, 0.717) is 37.7 Å². The second-order valence-corrected chi connectivity index (χ2v) is 8.33. The molecule has 34 heavy (non-hydrogen) atoms.